The number of aromatic nitrogens is 1. The molecule has 0 spiro atoms. The van der Waals surface area contributed by atoms with Crippen LogP contribution in [0.2, 0.25) is 5.02 Å². The SMILES string of the molecule is C=CCN(c1ccc(Cl)c(CNC(C)C)n1)C1CC1. The van der Waals surface area contributed by atoms with E-state index < -0.39 is 0 Å². The van der Waals surface area contributed by atoms with Gasteiger partial charge in [0.2, 0.25) is 0 Å². The molecule has 0 amide bonds. The second kappa shape index (κ2) is 6.40. The van der Waals surface area contributed by atoms with E-state index in [1.807, 2.05) is 18.2 Å². The van der Waals surface area contributed by atoms with E-state index in [0.29, 0.717) is 18.6 Å². The molecule has 1 fully saturated rings. The molecule has 2 rings (SSSR count). The third-order valence-corrected chi connectivity index (χ3v) is 3.53. The van der Waals surface area contributed by atoms with Crippen LogP contribution < -0.4 is 10.2 Å². The molecule has 0 atom stereocenters. The highest BCUT2D eigenvalue weighted by atomic mass is 35.5. The molecule has 1 aliphatic carbocycles. The Labute approximate surface area is 120 Å². The maximum absolute atomic E-state index is 6.22. The second-order valence-corrected chi connectivity index (χ2v) is 5.71. The van der Waals surface area contributed by atoms with E-state index in [1.54, 1.807) is 0 Å². The van der Waals surface area contributed by atoms with Gasteiger partial charge < -0.3 is 10.2 Å². The van der Waals surface area contributed by atoms with E-state index in [0.717, 1.165) is 23.1 Å². The molecule has 1 saturated carbocycles. The first kappa shape index (κ1) is 14.4. The van der Waals surface area contributed by atoms with Gasteiger partial charge in [0, 0.05) is 25.2 Å². The van der Waals surface area contributed by atoms with Crippen LogP contribution in [0.3, 0.4) is 0 Å². The zero-order chi connectivity index (χ0) is 13.8. The minimum atomic E-state index is 0.425. The van der Waals surface area contributed by atoms with Crippen molar-refractivity contribution in [1.82, 2.24) is 10.3 Å². The number of nitrogens with one attached hydrogen (secondary N) is 1. The molecular formula is C15H22ClN3. The number of nitrogens with zero attached hydrogens (tertiary/aromatic N) is 2. The van der Waals surface area contributed by atoms with Crippen LogP contribution in [0.5, 0.6) is 0 Å². The Bertz CT molecular complexity index is 441. The van der Waals surface area contributed by atoms with Crippen molar-refractivity contribution in [3.63, 3.8) is 0 Å². The minimum absolute atomic E-state index is 0.425. The van der Waals surface area contributed by atoms with Crippen LogP contribution in [0.4, 0.5) is 5.82 Å². The van der Waals surface area contributed by atoms with E-state index in [9.17, 15) is 0 Å². The molecule has 104 valence electrons. The Morgan fingerprint density at radius 1 is 1.53 bits per heavy atom. The Kier molecular flexibility index (Phi) is 4.83. The van der Waals surface area contributed by atoms with E-state index in [-0.39, 0.29) is 0 Å². The van der Waals surface area contributed by atoms with Crippen LogP contribution in [-0.4, -0.2) is 23.6 Å². The van der Waals surface area contributed by atoms with E-state index >= 15 is 0 Å². The Hall–Kier alpha value is -1.06. The topological polar surface area (TPSA) is 28.2 Å². The number of halogens is 1. The normalized spacial score (nSPS) is 14.7. The zero-order valence-corrected chi connectivity index (χ0v) is 12.5. The van der Waals surface area contributed by atoms with Crippen LogP contribution in [0, 0.1) is 0 Å². The van der Waals surface area contributed by atoms with Crippen molar-refractivity contribution in [2.24, 2.45) is 0 Å². The lowest BCUT2D eigenvalue weighted by atomic mass is 10.3. The zero-order valence-electron chi connectivity index (χ0n) is 11.7. The third-order valence-electron chi connectivity index (χ3n) is 3.19. The van der Waals surface area contributed by atoms with Gasteiger partial charge in [-0.2, -0.15) is 0 Å². The standard InChI is InChI=1S/C15H22ClN3/c1-4-9-19(12-5-6-12)15-8-7-13(16)14(18-15)10-17-11(2)3/h4,7-8,11-12,17H,1,5-6,9-10H2,2-3H3. The van der Waals surface area contributed by atoms with E-state index in [1.165, 1.54) is 12.8 Å². The highest BCUT2D eigenvalue weighted by molar-refractivity contribution is 6.31. The van der Waals surface area contributed by atoms with Crippen LogP contribution in [0.1, 0.15) is 32.4 Å². The molecule has 1 aliphatic rings. The third kappa shape index (κ3) is 3.95. The van der Waals surface area contributed by atoms with Crippen LogP contribution in [0.15, 0.2) is 24.8 Å². The summed E-state index contributed by atoms with van der Waals surface area (Å²) in [6, 6.07) is 5.00. The molecule has 1 aromatic rings. The highest BCUT2D eigenvalue weighted by Gasteiger charge is 2.29. The van der Waals surface area contributed by atoms with Crippen LogP contribution >= 0.6 is 11.6 Å². The number of anilines is 1. The van der Waals surface area contributed by atoms with Crippen molar-refractivity contribution < 1.29 is 0 Å². The van der Waals surface area contributed by atoms with Crippen molar-refractivity contribution in [2.45, 2.75) is 45.3 Å². The summed E-state index contributed by atoms with van der Waals surface area (Å²) in [5.74, 6) is 1.01. The largest absolute Gasteiger partial charge is 0.350 e. The molecule has 0 bridgehead atoms. The van der Waals surface area contributed by atoms with Crippen molar-refractivity contribution in [3.8, 4) is 0 Å². The molecule has 4 heteroatoms. The predicted molar refractivity (Wildman–Crippen MR) is 81.8 cm³/mol. The fraction of sp³-hybridized carbons (Fsp3) is 0.533. The van der Waals surface area contributed by atoms with Gasteiger partial charge in [0.05, 0.1) is 10.7 Å². The summed E-state index contributed by atoms with van der Waals surface area (Å²) in [4.78, 5) is 7.02. The Morgan fingerprint density at radius 2 is 2.26 bits per heavy atom. The molecule has 0 aromatic carbocycles. The fourth-order valence-electron chi connectivity index (χ4n) is 2.01. The summed E-state index contributed by atoms with van der Waals surface area (Å²) >= 11 is 6.22. The molecule has 0 saturated heterocycles. The average Bonchev–Trinajstić information content (AvgIpc) is 3.19. The second-order valence-electron chi connectivity index (χ2n) is 5.31. The maximum Gasteiger partial charge on any atom is 0.129 e. The summed E-state index contributed by atoms with van der Waals surface area (Å²) in [7, 11) is 0. The lowest BCUT2D eigenvalue weighted by Crippen LogP contribution is -2.28. The number of hydrogen-bond acceptors (Lipinski definition) is 3. The molecule has 19 heavy (non-hydrogen) atoms. The molecule has 1 heterocycles. The van der Waals surface area contributed by atoms with Crippen LogP contribution in [0.25, 0.3) is 0 Å². The maximum atomic E-state index is 6.22. The summed E-state index contributed by atoms with van der Waals surface area (Å²) in [6.07, 6.45) is 4.43. The number of rotatable bonds is 7. The number of hydrogen-bond donors (Lipinski definition) is 1. The molecule has 1 N–H and O–H groups in total. The van der Waals surface area contributed by atoms with Gasteiger partial charge in [-0.15, -0.1) is 6.58 Å². The molecule has 3 nitrogen and oxygen atoms in total. The quantitative estimate of drug-likeness (QED) is 0.776. The van der Waals surface area contributed by atoms with Gasteiger partial charge in [0.25, 0.3) is 0 Å². The van der Waals surface area contributed by atoms with Gasteiger partial charge in [-0.1, -0.05) is 31.5 Å². The van der Waals surface area contributed by atoms with E-state index in [4.69, 9.17) is 16.6 Å². The average molecular weight is 280 g/mol. The van der Waals surface area contributed by atoms with Crippen molar-refractivity contribution in [2.75, 3.05) is 11.4 Å². The van der Waals surface area contributed by atoms with Gasteiger partial charge in [-0.3, -0.25) is 0 Å². The lowest BCUT2D eigenvalue weighted by molar-refractivity contribution is 0.581. The highest BCUT2D eigenvalue weighted by Crippen LogP contribution is 2.31. The summed E-state index contributed by atoms with van der Waals surface area (Å²) in [5.41, 5.74) is 0.919. The smallest absolute Gasteiger partial charge is 0.129 e. The molecule has 0 radical (unpaired) electrons. The molecule has 0 unspecified atom stereocenters. The fourth-order valence-corrected chi connectivity index (χ4v) is 2.18. The van der Waals surface area contributed by atoms with Gasteiger partial charge in [-0.25, -0.2) is 4.98 Å². The molecule has 0 aliphatic heterocycles. The van der Waals surface area contributed by atoms with E-state index in [2.05, 4.69) is 30.6 Å². The first-order chi connectivity index (χ1) is 9.11. The van der Waals surface area contributed by atoms with Gasteiger partial charge in [-0.05, 0) is 25.0 Å². The van der Waals surface area contributed by atoms with Gasteiger partial charge in [0.15, 0.2) is 0 Å². The van der Waals surface area contributed by atoms with Gasteiger partial charge in [0.1, 0.15) is 5.82 Å². The summed E-state index contributed by atoms with van der Waals surface area (Å²) in [5, 5.41) is 4.09. The summed E-state index contributed by atoms with van der Waals surface area (Å²) < 4.78 is 0. The first-order valence-electron chi connectivity index (χ1n) is 6.88. The van der Waals surface area contributed by atoms with Crippen LogP contribution in [-0.2, 0) is 6.54 Å². The minimum Gasteiger partial charge on any atom is -0.350 e. The van der Waals surface area contributed by atoms with Crippen molar-refractivity contribution >= 4 is 17.4 Å². The summed E-state index contributed by atoms with van der Waals surface area (Å²) in [6.45, 7) is 9.61. The first-order valence-corrected chi connectivity index (χ1v) is 7.26. The lowest BCUT2D eigenvalue weighted by Gasteiger charge is -2.22. The number of pyridine rings is 1. The Balaban J connectivity index is 2.15. The monoisotopic (exact) mass is 279 g/mol. The molecular weight excluding hydrogens is 258 g/mol. The van der Waals surface area contributed by atoms with Crippen molar-refractivity contribution in [3.05, 3.63) is 35.5 Å². The Morgan fingerprint density at radius 3 is 2.84 bits per heavy atom. The van der Waals surface area contributed by atoms with Crippen molar-refractivity contribution in [1.29, 1.82) is 0 Å². The predicted octanol–water partition coefficient (Wildman–Crippen LogP) is 3.39. The van der Waals surface area contributed by atoms with Gasteiger partial charge >= 0.3 is 0 Å². The molecule has 1 aromatic heterocycles.